The molecule has 0 saturated carbocycles. The zero-order valence-electron chi connectivity index (χ0n) is 10.1. The van der Waals surface area contributed by atoms with Gasteiger partial charge in [-0.05, 0) is 39.2 Å². The molecule has 0 rings (SSSR count). The second-order valence-corrected chi connectivity index (χ2v) is 5.62. The van der Waals surface area contributed by atoms with Crippen molar-refractivity contribution in [2.75, 3.05) is 0 Å². The maximum atomic E-state index is 4.54. The molecule has 76 valence electrons. The standard InChI is InChI=1S/C12H23N/c1-10(13-12(5,6)7)8-9-11(2,3)4/h8-9H,1-7H3/b9-8-,13-10?. The molecule has 0 aliphatic rings. The van der Waals surface area contributed by atoms with Gasteiger partial charge in [0.1, 0.15) is 0 Å². The Morgan fingerprint density at radius 3 is 1.77 bits per heavy atom. The Labute approximate surface area is 83.0 Å². The van der Waals surface area contributed by atoms with Gasteiger partial charge in [0.2, 0.25) is 0 Å². The minimum Gasteiger partial charge on any atom is -0.284 e. The van der Waals surface area contributed by atoms with Gasteiger partial charge < -0.3 is 0 Å². The average molecular weight is 181 g/mol. The van der Waals surface area contributed by atoms with E-state index in [2.05, 4.69) is 58.7 Å². The highest BCUT2D eigenvalue weighted by Crippen LogP contribution is 2.15. The van der Waals surface area contributed by atoms with E-state index in [-0.39, 0.29) is 11.0 Å². The smallest absolute Gasteiger partial charge is 0.0527 e. The van der Waals surface area contributed by atoms with E-state index in [0.29, 0.717) is 0 Å². The lowest BCUT2D eigenvalue weighted by Gasteiger charge is -2.14. The Morgan fingerprint density at radius 1 is 1.00 bits per heavy atom. The Balaban J connectivity index is 4.40. The number of nitrogens with zero attached hydrogens (tertiary/aromatic N) is 1. The van der Waals surface area contributed by atoms with E-state index in [1.807, 2.05) is 6.92 Å². The molecule has 0 fully saturated rings. The first-order valence-electron chi connectivity index (χ1n) is 4.86. The van der Waals surface area contributed by atoms with Crippen molar-refractivity contribution in [1.29, 1.82) is 0 Å². The molecule has 0 amide bonds. The average Bonchev–Trinajstić information content (AvgIpc) is 1.78. The van der Waals surface area contributed by atoms with Gasteiger partial charge in [-0.15, -0.1) is 0 Å². The third kappa shape index (κ3) is 9.32. The molecule has 0 bridgehead atoms. The van der Waals surface area contributed by atoms with Crippen molar-refractivity contribution in [3.05, 3.63) is 12.2 Å². The molecule has 0 aromatic rings. The number of hydrogen-bond donors (Lipinski definition) is 0. The lowest BCUT2D eigenvalue weighted by molar-refractivity contribution is 0.544. The van der Waals surface area contributed by atoms with Crippen molar-refractivity contribution in [1.82, 2.24) is 0 Å². The van der Waals surface area contributed by atoms with Crippen LogP contribution in [0.4, 0.5) is 0 Å². The predicted octanol–water partition coefficient (Wildman–Crippen LogP) is 3.85. The topological polar surface area (TPSA) is 12.4 Å². The summed E-state index contributed by atoms with van der Waals surface area (Å²) in [4.78, 5) is 4.54. The Hall–Kier alpha value is -0.590. The van der Waals surface area contributed by atoms with Crippen LogP contribution in [0, 0.1) is 5.41 Å². The van der Waals surface area contributed by atoms with Crippen molar-refractivity contribution >= 4 is 5.71 Å². The van der Waals surface area contributed by atoms with Crippen LogP contribution in [-0.4, -0.2) is 11.3 Å². The molecule has 1 heteroatoms. The highest BCUT2D eigenvalue weighted by Gasteiger charge is 2.07. The summed E-state index contributed by atoms with van der Waals surface area (Å²) in [6.45, 7) is 15.0. The molecule has 1 nitrogen and oxygen atoms in total. The maximum absolute atomic E-state index is 4.54. The molecule has 0 aromatic heterocycles. The van der Waals surface area contributed by atoms with Crippen LogP contribution in [0.15, 0.2) is 17.1 Å². The van der Waals surface area contributed by atoms with Crippen LogP contribution < -0.4 is 0 Å². The largest absolute Gasteiger partial charge is 0.284 e. The van der Waals surface area contributed by atoms with Gasteiger partial charge in [0.15, 0.2) is 0 Å². The summed E-state index contributed by atoms with van der Waals surface area (Å²) in [7, 11) is 0. The number of hydrogen-bond acceptors (Lipinski definition) is 1. The highest BCUT2D eigenvalue weighted by molar-refractivity contribution is 5.93. The first-order valence-corrected chi connectivity index (χ1v) is 4.86. The summed E-state index contributed by atoms with van der Waals surface area (Å²) in [5.74, 6) is 0. The van der Waals surface area contributed by atoms with Gasteiger partial charge in [-0.3, -0.25) is 4.99 Å². The molecular weight excluding hydrogens is 158 g/mol. The Bertz CT molecular complexity index is 208. The zero-order valence-corrected chi connectivity index (χ0v) is 10.1. The second kappa shape index (κ2) is 4.08. The van der Waals surface area contributed by atoms with Crippen LogP contribution in [0.5, 0.6) is 0 Å². The van der Waals surface area contributed by atoms with E-state index in [1.165, 1.54) is 0 Å². The lowest BCUT2D eigenvalue weighted by atomic mass is 9.96. The van der Waals surface area contributed by atoms with Crippen LogP contribution in [0.25, 0.3) is 0 Å². The van der Waals surface area contributed by atoms with E-state index in [1.54, 1.807) is 0 Å². The summed E-state index contributed by atoms with van der Waals surface area (Å²) < 4.78 is 0. The van der Waals surface area contributed by atoms with Crippen LogP contribution in [0.3, 0.4) is 0 Å². The summed E-state index contributed by atoms with van der Waals surface area (Å²) in [5.41, 5.74) is 1.38. The van der Waals surface area contributed by atoms with Gasteiger partial charge in [0, 0.05) is 5.71 Å². The summed E-state index contributed by atoms with van der Waals surface area (Å²) in [6.07, 6.45) is 4.29. The quantitative estimate of drug-likeness (QED) is 0.545. The molecule has 0 N–H and O–H groups in total. The normalized spacial score (nSPS) is 15.5. The van der Waals surface area contributed by atoms with Gasteiger partial charge in [-0.1, -0.05) is 26.8 Å². The molecule has 0 atom stereocenters. The number of allylic oxidation sites excluding steroid dienone is 2. The fourth-order valence-corrected chi connectivity index (χ4v) is 0.937. The fourth-order valence-electron chi connectivity index (χ4n) is 0.937. The minimum absolute atomic E-state index is 0.0340. The summed E-state index contributed by atoms with van der Waals surface area (Å²) >= 11 is 0. The van der Waals surface area contributed by atoms with Gasteiger partial charge in [0.05, 0.1) is 5.54 Å². The first-order chi connectivity index (χ1) is 5.60. The molecule has 0 unspecified atom stereocenters. The minimum atomic E-state index is 0.0340. The lowest BCUT2D eigenvalue weighted by Crippen LogP contribution is -2.12. The Morgan fingerprint density at radius 2 is 1.46 bits per heavy atom. The molecular formula is C12H23N. The van der Waals surface area contributed by atoms with E-state index in [4.69, 9.17) is 0 Å². The molecule has 0 spiro atoms. The third-order valence-corrected chi connectivity index (χ3v) is 1.34. The fraction of sp³-hybridized carbons (Fsp3) is 0.750. The Kier molecular flexibility index (Phi) is 3.89. The first kappa shape index (κ1) is 12.4. The molecule has 0 aliphatic heterocycles. The third-order valence-electron chi connectivity index (χ3n) is 1.34. The van der Waals surface area contributed by atoms with Crippen LogP contribution in [0.2, 0.25) is 0 Å². The van der Waals surface area contributed by atoms with Crippen molar-refractivity contribution in [2.45, 2.75) is 54.0 Å². The maximum Gasteiger partial charge on any atom is 0.0527 e. The molecule has 0 aromatic carbocycles. The van der Waals surface area contributed by atoms with Gasteiger partial charge in [-0.2, -0.15) is 0 Å². The monoisotopic (exact) mass is 181 g/mol. The van der Waals surface area contributed by atoms with E-state index < -0.39 is 0 Å². The van der Waals surface area contributed by atoms with Crippen molar-refractivity contribution in [3.8, 4) is 0 Å². The van der Waals surface area contributed by atoms with Gasteiger partial charge in [-0.25, -0.2) is 0 Å². The molecule has 0 aliphatic carbocycles. The van der Waals surface area contributed by atoms with Gasteiger partial charge in [0.25, 0.3) is 0 Å². The molecule has 0 saturated heterocycles. The molecule has 0 radical (unpaired) electrons. The van der Waals surface area contributed by atoms with Crippen molar-refractivity contribution in [3.63, 3.8) is 0 Å². The van der Waals surface area contributed by atoms with Crippen LogP contribution in [0.1, 0.15) is 48.5 Å². The molecule has 13 heavy (non-hydrogen) atoms. The summed E-state index contributed by atoms with van der Waals surface area (Å²) in [6, 6.07) is 0. The molecule has 0 heterocycles. The SMILES string of the molecule is CC(/C=C\C(C)(C)C)=NC(C)(C)C. The highest BCUT2D eigenvalue weighted by atomic mass is 14.8. The number of rotatable bonds is 1. The van der Waals surface area contributed by atoms with Crippen molar-refractivity contribution < 1.29 is 0 Å². The van der Waals surface area contributed by atoms with E-state index >= 15 is 0 Å². The van der Waals surface area contributed by atoms with Crippen LogP contribution in [-0.2, 0) is 0 Å². The van der Waals surface area contributed by atoms with E-state index in [0.717, 1.165) is 5.71 Å². The summed E-state index contributed by atoms with van der Waals surface area (Å²) in [5, 5.41) is 0. The van der Waals surface area contributed by atoms with Crippen LogP contribution >= 0.6 is 0 Å². The number of aliphatic imine (C=N–C) groups is 1. The van der Waals surface area contributed by atoms with Crippen molar-refractivity contribution in [2.24, 2.45) is 10.4 Å². The van der Waals surface area contributed by atoms with E-state index in [9.17, 15) is 0 Å². The zero-order chi connectivity index (χ0) is 10.7. The second-order valence-electron chi connectivity index (χ2n) is 5.62. The predicted molar refractivity (Wildman–Crippen MR) is 61.5 cm³/mol. The van der Waals surface area contributed by atoms with Gasteiger partial charge >= 0.3 is 0 Å².